The van der Waals surface area contributed by atoms with E-state index in [1.807, 2.05) is 0 Å². The fraction of sp³-hybridized carbons (Fsp3) is 0.700. The summed E-state index contributed by atoms with van der Waals surface area (Å²) in [4.78, 5) is 21.9. The maximum atomic E-state index is 11.0. The van der Waals surface area contributed by atoms with Crippen LogP contribution in [0.15, 0.2) is 23.0 Å². The highest BCUT2D eigenvalue weighted by Crippen LogP contribution is 2.22. The summed E-state index contributed by atoms with van der Waals surface area (Å²) in [5, 5.41) is 0. The Balaban J connectivity index is 1.87. The van der Waals surface area contributed by atoms with Crippen LogP contribution >= 0.6 is 0 Å². The molecule has 0 saturated carbocycles. The number of hydrogen-bond acceptors (Lipinski definition) is 9. The van der Waals surface area contributed by atoms with E-state index >= 15 is 0 Å². The van der Waals surface area contributed by atoms with Gasteiger partial charge in [-0.3, -0.25) is 9.59 Å². The summed E-state index contributed by atoms with van der Waals surface area (Å²) in [5.41, 5.74) is 6.50. The zero-order valence-electron chi connectivity index (χ0n) is 17.0. The highest BCUT2D eigenvalue weighted by molar-refractivity contribution is 5.80. The molecular weight excluding hydrogens is 382 g/mol. The molecule has 0 saturated heterocycles. The predicted octanol–water partition coefficient (Wildman–Crippen LogP) is 0.417. The van der Waals surface area contributed by atoms with Gasteiger partial charge in [0.25, 0.3) is 0 Å². The van der Waals surface area contributed by atoms with Crippen molar-refractivity contribution in [2.24, 2.45) is 5.73 Å². The largest absolute Gasteiger partial charge is 0.491 e. The Kier molecular flexibility index (Phi) is 16.1. The smallest absolute Gasteiger partial charge is 0.149 e. The van der Waals surface area contributed by atoms with Gasteiger partial charge in [-0.2, -0.15) is 0 Å². The first-order valence-corrected chi connectivity index (χ1v) is 9.87. The highest BCUT2D eigenvalue weighted by Gasteiger charge is 2.13. The number of hydrogen-bond donors (Lipinski definition) is 1. The fourth-order valence-electron chi connectivity index (χ4n) is 2.36. The molecule has 0 aromatic heterocycles. The molecule has 0 heterocycles. The second-order valence-corrected chi connectivity index (χ2v) is 6.04. The Morgan fingerprint density at radius 3 is 1.62 bits per heavy atom. The van der Waals surface area contributed by atoms with Crippen molar-refractivity contribution in [3.63, 3.8) is 0 Å². The van der Waals surface area contributed by atoms with Gasteiger partial charge in [0.2, 0.25) is 0 Å². The molecule has 9 heteroatoms. The average Bonchev–Trinajstić information content (AvgIpc) is 2.75. The van der Waals surface area contributed by atoms with Crippen LogP contribution in [0.1, 0.15) is 12.8 Å². The molecule has 0 fully saturated rings. The van der Waals surface area contributed by atoms with E-state index in [0.29, 0.717) is 109 Å². The van der Waals surface area contributed by atoms with Gasteiger partial charge in [-0.1, -0.05) is 0 Å². The van der Waals surface area contributed by atoms with Crippen molar-refractivity contribution in [3.05, 3.63) is 23.0 Å². The van der Waals surface area contributed by atoms with Crippen LogP contribution < -0.4 is 5.73 Å². The molecule has 29 heavy (non-hydrogen) atoms. The van der Waals surface area contributed by atoms with Crippen LogP contribution in [0, 0.1) is 0 Å². The number of rotatable bonds is 20. The summed E-state index contributed by atoms with van der Waals surface area (Å²) >= 11 is 0. The Hall–Kier alpha value is -1.62. The van der Waals surface area contributed by atoms with Crippen LogP contribution in [0.3, 0.4) is 0 Å². The SMILES string of the molecule is NCCOCCOCCOCCOCCOCCOC1=C(C=O)CCC(C=O)=C1. The van der Waals surface area contributed by atoms with Crippen molar-refractivity contribution in [2.45, 2.75) is 12.8 Å². The summed E-state index contributed by atoms with van der Waals surface area (Å²) in [5.74, 6) is 0.456. The molecule has 1 aliphatic carbocycles. The third-order valence-electron chi connectivity index (χ3n) is 3.85. The van der Waals surface area contributed by atoms with Gasteiger partial charge in [-0.15, -0.1) is 0 Å². The molecule has 166 valence electrons. The summed E-state index contributed by atoms with van der Waals surface area (Å²) < 4.78 is 32.2. The molecule has 0 atom stereocenters. The van der Waals surface area contributed by atoms with Crippen molar-refractivity contribution < 1.29 is 38.0 Å². The van der Waals surface area contributed by atoms with E-state index in [1.165, 1.54) is 0 Å². The van der Waals surface area contributed by atoms with Crippen LogP contribution in [-0.2, 0) is 38.0 Å². The monoisotopic (exact) mass is 415 g/mol. The number of carbonyl (C=O) groups is 2. The van der Waals surface area contributed by atoms with Crippen molar-refractivity contribution in [3.8, 4) is 0 Å². The van der Waals surface area contributed by atoms with Gasteiger partial charge in [0.05, 0.1) is 66.1 Å². The van der Waals surface area contributed by atoms with Crippen LogP contribution in [0.5, 0.6) is 0 Å². The van der Waals surface area contributed by atoms with E-state index in [2.05, 4.69) is 0 Å². The number of allylic oxidation sites excluding steroid dienone is 3. The van der Waals surface area contributed by atoms with E-state index in [4.69, 9.17) is 34.2 Å². The maximum absolute atomic E-state index is 11.0. The van der Waals surface area contributed by atoms with Crippen LogP contribution in [0.4, 0.5) is 0 Å². The minimum Gasteiger partial charge on any atom is -0.491 e. The van der Waals surface area contributed by atoms with Crippen molar-refractivity contribution in [1.82, 2.24) is 0 Å². The van der Waals surface area contributed by atoms with Crippen molar-refractivity contribution in [2.75, 3.05) is 79.2 Å². The summed E-state index contributed by atoms with van der Waals surface area (Å²) in [6, 6.07) is 0. The second kappa shape index (κ2) is 18.4. The highest BCUT2D eigenvalue weighted by atomic mass is 16.6. The molecule has 0 unspecified atom stereocenters. The zero-order chi connectivity index (χ0) is 21.0. The molecule has 0 aromatic carbocycles. The second-order valence-electron chi connectivity index (χ2n) is 6.04. The summed E-state index contributed by atoms with van der Waals surface area (Å²) in [7, 11) is 0. The average molecular weight is 415 g/mol. The Morgan fingerprint density at radius 2 is 1.17 bits per heavy atom. The van der Waals surface area contributed by atoms with Gasteiger partial charge in [0, 0.05) is 12.1 Å². The summed E-state index contributed by atoms with van der Waals surface area (Å²) in [6.07, 6.45) is 4.27. The lowest BCUT2D eigenvalue weighted by Crippen LogP contribution is -2.15. The van der Waals surface area contributed by atoms with E-state index in [0.717, 1.165) is 12.6 Å². The lowest BCUT2D eigenvalue weighted by molar-refractivity contribution is -0.106. The fourth-order valence-corrected chi connectivity index (χ4v) is 2.36. The molecule has 1 rings (SSSR count). The number of ether oxygens (including phenoxy) is 6. The van der Waals surface area contributed by atoms with Gasteiger partial charge in [-0.05, 0) is 24.5 Å². The molecule has 0 aromatic rings. The number of carbonyl (C=O) groups excluding carboxylic acids is 2. The van der Waals surface area contributed by atoms with Gasteiger partial charge < -0.3 is 34.2 Å². The first-order valence-electron chi connectivity index (χ1n) is 9.87. The van der Waals surface area contributed by atoms with Crippen molar-refractivity contribution in [1.29, 1.82) is 0 Å². The maximum Gasteiger partial charge on any atom is 0.149 e. The number of nitrogens with two attached hydrogens (primary N) is 1. The van der Waals surface area contributed by atoms with E-state index < -0.39 is 0 Å². The molecule has 2 N–H and O–H groups in total. The normalized spacial score (nSPS) is 14.0. The number of aldehydes is 2. The molecule has 0 spiro atoms. The van der Waals surface area contributed by atoms with Gasteiger partial charge in [-0.25, -0.2) is 0 Å². The first kappa shape index (κ1) is 25.4. The minimum absolute atomic E-state index is 0.301. The van der Waals surface area contributed by atoms with E-state index in [-0.39, 0.29) is 0 Å². The van der Waals surface area contributed by atoms with Gasteiger partial charge >= 0.3 is 0 Å². The van der Waals surface area contributed by atoms with Crippen LogP contribution in [0.2, 0.25) is 0 Å². The van der Waals surface area contributed by atoms with Crippen molar-refractivity contribution >= 4 is 12.6 Å². The topological polar surface area (TPSA) is 116 Å². The zero-order valence-corrected chi connectivity index (χ0v) is 17.0. The molecule has 0 radical (unpaired) electrons. The van der Waals surface area contributed by atoms with Gasteiger partial charge in [0.1, 0.15) is 24.9 Å². The Morgan fingerprint density at radius 1 is 0.690 bits per heavy atom. The third kappa shape index (κ3) is 13.3. The standard InChI is InChI=1S/C20H33NO8/c21-3-4-24-5-6-25-7-8-26-9-10-27-11-12-28-13-14-29-20-15-18(16-22)1-2-19(20)17-23/h15-17H,1-14,21H2. The molecule has 9 nitrogen and oxygen atoms in total. The Labute approximate surface area is 172 Å². The molecule has 0 bridgehead atoms. The molecule has 1 aliphatic rings. The Bertz CT molecular complexity index is 507. The van der Waals surface area contributed by atoms with E-state index in [9.17, 15) is 9.59 Å². The third-order valence-corrected chi connectivity index (χ3v) is 3.85. The first-order chi connectivity index (χ1) is 14.3. The predicted molar refractivity (Wildman–Crippen MR) is 106 cm³/mol. The lowest BCUT2D eigenvalue weighted by Gasteiger charge is -2.15. The molecule has 0 aliphatic heterocycles. The molecule has 0 amide bonds. The quantitative estimate of drug-likeness (QED) is 0.223. The minimum atomic E-state index is 0.301. The van der Waals surface area contributed by atoms with Crippen LogP contribution in [0.25, 0.3) is 0 Å². The van der Waals surface area contributed by atoms with Gasteiger partial charge in [0.15, 0.2) is 0 Å². The van der Waals surface area contributed by atoms with E-state index in [1.54, 1.807) is 6.08 Å². The summed E-state index contributed by atoms with van der Waals surface area (Å²) in [6.45, 7) is 5.69. The molecular formula is C20H33NO8. The van der Waals surface area contributed by atoms with Crippen LogP contribution in [-0.4, -0.2) is 91.8 Å². The lowest BCUT2D eigenvalue weighted by atomic mass is 9.99.